The van der Waals surface area contributed by atoms with Crippen molar-refractivity contribution in [3.8, 4) is 79.0 Å². The highest BCUT2D eigenvalue weighted by Crippen LogP contribution is 2.54. The fraction of sp³-hybridized carbons (Fsp3) is 0. The van der Waals surface area contributed by atoms with Gasteiger partial charge in [0.1, 0.15) is 34.5 Å². The predicted molar refractivity (Wildman–Crippen MR) is 311 cm³/mol. The number of benzene rings is 11. The number of para-hydroxylation sites is 6. The summed E-state index contributed by atoms with van der Waals surface area (Å²) < 4.78 is 59.0. The fourth-order valence-corrected chi connectivity index (χ4v) is 14.0. The quantitative estimate of drug-likeness (QED) is 0.0747. The first-order chi connectivity index (χ1) is 37.6. The predicted octanol–water partition coefficient (Wildman–Crippen LogP) is 17.5. The van der Waals surface area contributed by atoms with Crippen LogP contribution in [-0.4, -0.2) is 0 Å². The summed E-state index contributed by atoms with van der Waals surface area (Å²) in [6, 6.07) is 95.5. The summed E-state index contributed by atoms with van der Waals surface area (Å²) in [5.41, 5.74) is 7.26. The molecule has 11 aromatic carbocycles. The summed E-state index contributed by atoms with van der Waals surface area (Å²) in [6.07, 6.45) is 0. The van der Waals surface area contributed by atoms with Crippen molar-refractivity contribution in [1.82, 2.24) is 0 Å². The van der Waals surface area contributed by atoms with E-state index in [1.807, 2.05) is 297 Å². The maximum Gasteiger partial charge on any atom is 0.530 e. The fourth-order valence-electron chi connectivity index (χ4n) is 8.84. The van der Waals surface area contributed by atoms with Gasteiger partial charge < -0.3 is 31.7 Å². The molecule has 0 unspecified atom stereocenters. The molecule has 0 bridgehead atoms. The van der Waals surface area contributed by atoms with Crippen molar-refractivity contribution in [1.29, 1.82) is 0 Å². The van der Waals surface area contributed by atoms with Crippen molar-refractivity contribution < 1.29 is 31.7 Å². The van der Waals surface area contributed by atoms with Crippen molar-refractivity contribution in [3.05, 3.63) is 297 Å². The third-order valence-electron chi connectivity index (χ3n) is 12.5. The highest BCUT2D eigenvalue weighted by molar-refractivity contribution is 7.85. The average molecular weight is 1050 g/mol. The van der Waals surface area contributed by atoms with Crippen LogP contribution in [0.2, 0.25) is 0 Å². The molecule has 0 aromatic heterocycles. The van der Waals surface area contributed by atoms with Crippen molar-refractivity contribution in [2.24, 2.45) is 0 Å². The second kappa shape index (κ2) is 23.7. The molecule has 370 valence electrons. The Kier molecular flexibility index (Phi) is 15.4. The van der Waals surface area contributed by atoms with Crippen LogP contribution in [0.15, 0.2) is 297 Å². The molecule has 0 aliphatic heterocycles. The van der Waals surface area contributed by atoms with Crippen molar-refractivity contribution in [2.45, 2.75) is 0 Å². The monoisotopic (exact) mass is 1050 g/mol. The van der Waals surface area contributed by atoms with Gasteiger partial charge in [-0.25, -0.2) is 0 Å². The zero-order valence-corrected chi connectivity index (χ0v) is 43.7. The van der Waals surface area contributed by atoms with Gasteiger partial charge in [-0.15, -0.1) is 0 Å². The normalized spacial score (nSPS) is 11.2. The molecule has 0 spiro atoms. The maximum absolute atomic E-state index is 17.1. The van der Waals surface area contributed by atoms with Gasteiger partial charge in [0.05, 0.1) is 10.6 Å². The Hall–Kier alpha value is -8.69. The molecule has 0 saturated carbocycles. The lowest BCUT2D eigenvalue weighted by atomic mass is 10.1. The molecule has 11 aromatic rings. The number of hydrogen-bond donors (Lipinski definition) is 0. The smallest absolute Gasteiger partial charge is 0.408 e. The van der Waals surface area contributed by atoms with Gasteiger partial charge in [-0.3, -0.25) is 0 Å². The molecule has 7 nitrogen and oxygen atoms in total. The summed E-state index contributed by atoms with van der Waals surface area (Å²) in [6.45, 7) is 0. The van der Waals surface area contributed by atoms with Crippen LogP contribution >= 0.6 is 24.3 Å². The lowest BCUT2D eigenvalue weighted by Gasteiger charge is -2.27. The van der Waals surface area contributed by atoms with Crippen LogP contribution in [0.5, 0.6) is 34.5 Å². The van der Waals surface area contributed by atoms with Gasteiger partial charge >= 0.3 is 17.2 Å². The first-order valence-electron chi connectivity index (χ1n) is 24.7. The standard InChI is InChI=1S/C66H49O7P3/c67-76(54-36-14-5-15-37-54,65-48-26-24-46-63(65)72-74(68-59-42-20-16-38-55(59)50-28-6-1-7-29-50)69-60-43-21-17-39-56(60)51-30-8-2-9-31-51)66-49-27-25-47-64(66)73-75(70-61-44-22-18-40-57(61)52-32-10-3-11-33-52)71-62-45-23-19-41-58(62)53-34-12-4-13-35-53/h1-49H. The molecule has 0 radical (unpaired) electrons. The second-order valence-corrected chi connectivity index (χ2v) is 22.0. The van der Waals surface area contributed by atoms with E-state index in [-0.39, 0.29) is 0 Å². The van der Waals surface area contributed by atoms with Gasteiger partial charge in [0.25, 0.3) is 0 Å². The first-order valence-corrected chi connectivity index (χ1v) is 28.6. The first kappa shape index (κ1) is 49.5. The third kappa shape index (κ3) is 11.2. The van der Waals surface area contributed by atoms with Crippen LogP contribution in [-0.2, 0) is 4.57 Å². The summed E-state index contributed by atoms with van der Waals surface area (Å²) in [7, 11) is -8.61. The SMILES string of the molecule is O=P(c1ccccc1)(c1ccccc1OP(Oc1ccccc1-c1ccccc1)Oc1ccccc1-c1ccccc1)c1ccccc1OP(Oc1ccccc1-c1ccccc1)Oc1ccccc1-c1ccccc1. The van der Waals surface area contributed by atoms with Crippen LogP contribution < -0.4 is 43.1 Å². The van der Waals surface area contributed by atoms with Crippen molar-refractivity contribution >= 4 is 40.3 Å². The Morgan fingerprint density at radius 2 is 0.434 bits per heavy atom. The Balaban J connectivity index is 1.02. The van der Waals surface area contributed by atoms with E-state index in [9.17, 15) is 0 Å². The van der Waals surface area contributed by atoms with Crippen molar-refractivity contribution in [3.63, 3.8) is 0 Å². The maximum atomic E-state index is 17.1. The average Bonchev–Trinajstić information content (AvgIpc) is 3.49. The van der Waals surface area contributed by atoms with Crippen LogP contribution in [0.1, 0.15) is 0 Å². The summed E-state index contributed by atoms with van der Waals surface area (Å²) in [4.78, 5) is 0. The molecule has 0 saturated heterocycles. The highest BCUT2D eigenvalue weighted by Gasteiger charge is 2.38. The van der Waals surface area contributed by atoms with Gasteiger partial charge in [0, 0.05) is 27.6 Å². The van der Waals surface area contributed by atoms with Gasteiger partial charge in [-0.05, 0) is 70.8 Å². The van der Waals surface area contributed by atoms with Crippen LogP contribution in [0.4, 0.5) is 0 Å². The Labute approximate surface area is 445 Å². The molecule has 76 heavy (non-hydrogen) atoms. The number of rotatable bonds is 19. The molecule has 0 aliphatic rings. The van der Waals surface area contributed by atoms with E-state index < -0.39 is 24.3 Å². The molecular formula is C66H49O7P3. The largest absolute Gasteiger partial charge is 0.530 e. The minimum absolute atomic E-state index is 0.299. The van der Waals surface area contributed by atoms with Crippen LogP contribution in [0.25, 0.3) is 44.5 Å². The lowest BCUT2D eigenvalue weighted by Crippen LogP contribution is -2.27. The third-order valence-corrected chi connectivity index (χ3v) is 17.6. The minimum atomic E-state index is -3.97. The topological polar surface area (TPSA) is 72.5 Å². The van der Waals surface area contributed by atoms with E-state index in [1.54, 1.807) is 0 Å². The van der Waals surface area contributed by atoms with Gasteiger partial charge in [-0.2, -0.15) is 0 Å². The lowest BCUT2D eigenvalue weighted by molar-refractivity contribution is 0.390. The summed E-state index contributed by atoms with van der Waals surface area (Å²) in [5, 5.41) is 1.35. The van der Waals surface area contributed by atoms with Gasteiger partial charge in [-0.1, -0.05) is 249 Å². The van der Waals surface area contributed by atoms with E-state index in [0.717, 1.165) is 44.5 Å². The molecule has 11 rings (SSSR count). The summed E-state index contributed by atoms with van der Waals surface area (Å²) >= 11 is 0. The molecule has 0 aliphatic carbocycles. The van der Waals surface area contributed by atoms with Gasteiger partial charge in [0.2, 0.25) is 0 Å². The van der Waals surface area contributed by atoms with E-state index in [4.69, 9.17) is 27.1 Å². The molecule has 0 atom stereocenters. The molecule has 0 heterocycles. The Morgan fingerprint density at radius 3 is 0.724 bits per heavy atom. The van der Waals surface area contributed by atoms with E-state index in [1.165, 1.54) is 0 Å². The van der Waals surface area contributed by atoms with Crippen LogP contribution in [0.3, 0.4) is 0 Å². The molecule has 0 N–H and O–H groups in total. The minimum Gasteiger partial charge on any atom is -0.408 e. The van der Waals surface area contributed by atoms with Crippen LogP contribution in [0, 0.1) is 0 Å². The van der Waals surface area contributed by atoms with E-state index in [2.05, 4.69) is 0 Å². The second-order valence-electron chi connectivity index (χ2n) is 17.3. The zero-order chi connectivity index (χ0) is 51.4. The van der Waals surface area contributed by atoms with E-state index in [0.29, 0.717) is 50.4 Å². The van der Waals surface area contributed by atoms with E-state index >= 15 is 4.57 Å². The molecule has 0 fully saturated rings. The Morgan fingerprint density at radius 1 is 0.224 bits per heavy atom. The van der Waals surface area contributed by atoms with Crippen molar-refractivity contribution in [2.75, 3.05) is 0 Å². The highest BCUT2D eigenvalue weighted by atomic mass is 31.2. The molecule has 0 amide bonds. The molecule has 10 heteroatoms. The Bertz CT molecular complexity index is 3320. The summed E-state index contributed by atoms with van der Waals surface area (Å²) in [5.74, 6) is 2.80. The van der Waals surface area contributed by atoms with Gasteiger partial charge in [0.15, 0.2) is 7.14 Å². The molecular weight excluding hydrogens is 998 g/mol. The zero-order valence-electron chi connectivity index (χ0n) is 41.0. The number of hydrogen-bond acceptors (Lipinski definition) is 7.